The van der Waals surface area contributed by atoms with Crippen molar-refractivity contribution >= 4 is 45.1 Å². The first-order chi connectivity index (χ1) is 13.7. The molecule has 3 nitrogen and oxygen atoms in total. The van der Waals surface area contributed by atoms with E-state index in [0.717, 1.165) is 46.0 Å². The zero-order valence-corrected chi connectivity index (χ0v) is 16.5. The SMILES string of the molecule is CC1CCN(C(=O)Cc2coc3ccc4ccccc4c23)c2ccccc2S1. The summed E-state index contributed by atoms with van der Waals surface area (Å²) in [6.07, 6.45) is 3.07. The van der Waals surface area contributed by atoms with Crippen LogP contribution in [0.3, 0.4) is 0 Å². The molecule has 0 saturated carbocycles. The minimum Gasteiger partial charge on any atom is -0.464 e. The largest absolute Gasteiger partial charge is 0.464 e. The van der Waals surface area contributed by atoms with E-state index in [1.165, 1.54) is 4.90 Å². The van der Waals surface area contributed by atoms with E-state index in [0.29, 0.717) is 11.7 Å². The van der Waals surface area contributed by atoms with Gasteiger partial charge in [0.05, 0.1) is 18.4 Å². The normalized spacial score (nSPS) is 16.9. The summed E-state index contributed by atoms with van der Waals surface area (Å²) in [5.74, 6) is 0.123. The van der Waals surface area contributed by atoms with Gasteiger partial charge in [-0.15, -0.1) is 11.8 Å². The highest BCUT2D eigenvalue weighted by Crippen LogP contribution is 2.38. The number of rotatable bonds is 2. The van der Waals surface area contributed by atoms with Crippen LogP contribution >= 0.6 is 11.8 Å². The number of anilines is 1. The Morgan fingerprint density at radius 1 is 1.11 bits per heavy atom. The molecule has 140 valence electrons. The van der Waals surface area contributed by atoms with Gasteiger partial charge in [0.25, 0.3) is 0 Å². The zero-order chi connectivity index (χ0) is 19.1. The highest BCUT2D eigenvalue weighted by atomic mass is 32.2. The third-order valence-electron chi connectivity index (χ3n) is 5.43. The highest BCUT2D eigenvalue weighted by Gasteiger charge is 2.25. The molecule has 0 saturated heterocycles. The molecule has 0 fully saturated rings. The first kappa shape index (κ1) is 17.4. The van der Waals surface area contributed by atoms with E-state index in [1.807, 2.05) is 47.0 Å². The molecule has 0 aliphatic carbocycles. The first-order valence-electron chi connectivity index (χ1n) is 9.64. The van der Waals surface area contributed by atoms with Crippen molar-refractivity contribution in [3.05, 3.63) is 72.5 Å². The van der Waals surface area contributed by atoms with Crippen molar-refractivity contribution in [1.82, 2.24) is 0 Å². The molecular weight excluding hydrogens is 366 g/mol. The van der Waals surface area contributed by atoms with Gasteiger partial charge in [0, 0.05) is 27.6 Å². The number of furan rings is 1. The molecule has 1 atom stereocenters. The Morgan fingerprint density at radius 3 is 2.86 bits per heavy atom. The quantitative estimate of drug-likeness (QED) is 0.420. The lowest BCUT2D eigenvalue weighted by molar-refractivity contribution is -0.118. The Morgan fingerprint density at radius 2 is 1.93 bits per heavy atom. The van der Waals surface area contributed by atoms with Crippen molar-refractivity contribution in [2.75, 3.05) is 11.4 Å². The molecule has 2 heterocycles. The average molecular weight is 388 g/mol. The van der Waals surface area contributed by atoms with Gasteiger partial charge < -0.3 is 9.32 Å². The van der Waals surface area contributed by atoms with Crippen LogP contribution in [-0.4, -0.2) is 17.7 Å². The van der Waals surface area contributed by atoms with Crippen molar-refractivity contribution < 1.29 is 9.21 Å². The molecule has 0 spiro atoms. The molecule has 0 bridgehead atoms. The van der Waals surface area contributed by atoms with E-state index in [9.17, 15) is 4.79 Å². The maximum Gasteiger partial charge on any atom is 0.231 e. The molecular formula is C24H21NO2S. The summed E-state index contributed by atoms with van der Waals surface area (Å²) >= 11 is 1.85. The van der Waals surface area contributed by atoms with Crippen LogP contribution in [0, 0.1) is 0 Å². The monoisotopic (exact) mass is 387 g/mol. The molecule has 0 radical (unpaired) electrons. The molecule has 1 aliphatic rings. The minimum absolute atomic E-state index is 0.123. The Hall–Kier alpha value is -2.72. The standard InChI is InChI=1S/C24H21NO2S/c1-16-12-13-25(20-8-4-5-9-22(20)28-16)23(26)14-18-15-27-21-11-10-17-6-2-3-7-19(17)24(18)21/h2-11,15-16H,12-14H2,1H3. The fraction of sp³-hybridized carbons (Fsp3) is 0.208. The summed E-state index contributed by atoms with van der Waals surface area (Å²) in [6.45, 7) is 2.98. The van der Waals surface area contributed by atoms with E-state index < -0.39 is 0 Å². The van der Waals surface area contributed by atoms with Crippen LogP contribution in [0.2, 0.25) is 0 Å². The number of hydrogen-bond acceptors (Lipinski definition) is 3. The zero-order valence-electron chi connectivity index (χ0n) is 15.7. The Bertz CT molecular complexity index is 1180. The van der Waals surface area contributed by atoms with E-state index in [-0.39, 0.29) is 5.91 Å². The number of para-hydroxylation sites is 1. The van der Waals surface area contributed by atoms with E-state index in [1.54, 1.807) is 6.26 Å². The van der Waals surface area contributed by atoms with E-state index in [4.69, 9.17) is 4.42 Å². The maximum atomic E-state index is 13.3. The van der Waals surface area contributed by atoms with Crippen LogP contribution < -0.4 is 4.90 Å². The van der Waals surface area contributed by atoms with E-state index in [2.05, 4.69) is 37.3 Å². The summed E-state index contributed by atoms with van der Waals surface area (Å²) in [7, 11) is 0. The summed E-state index contributed by atoms with van der Waals surface area (Å²) in [6, 6.07) is 20.5. The molecule has 5 rings (SSSR count). The van der Waals surface area contributed by atoms with Crippen LogP contribution in [0.4, 0.5) is 5.69 Å². The number of hydrogen-bond donors (Lipinski definition) is 0. The van der Waals surface area contributed by atoms with Crippen LogP contribution in [0.5, 0.6) is 0 Å². The van der Waals surface area contributed by atoms with Crippen LogP contribution in [0.1, 0.15) is 18.9 Å². The Labute approximate surface area is 168 Å². The third kappa shape index (κ3) is 2.98. The fourth-order valence-electron chi connectivity index (χ4n) is 4.01. The molecule has 3 aromatic carbocycles. The lowest BCUT2D eigenvalue weighted by Gasteiger charge is -2.22. The molecule has 4 heteroatoms. The van der Waals surface area contributed by atoms with Gasteiger partial charge >= 0.3 is 0 Å². The van der Waals surface area contributed by atoms with Gasteiger partial charge in [-0.25, -0.2) is 0 Å². The maximum absolute atomic E-state index is 13.3. The third-order valence-corrected chi connectivity index (χ3v) is 6.66. The predicted octanol–water partition coefficient (Wildman–Crippen LogP) is 6.05. The molecule has 1 amide bonds. The second-order valence-electron chi connectivity index (χ2n) is 7.33. The van der Waals surface area contributed by atoms with Gasteiger partial charge in [0.1, 0.15) is 5.58 Å². The van der Waals surface area contributed by atoms with Crippen molar-refractivity contribution in [3.63, 3.8) is 0 Å². The molecule has 28 heavy (non-hydrogen) atoms. The Balaban J connectivity index is 1.53. The second-order valence-corrected chi connectivity index (χ2v) is 8.81. The summed E-state index contributed by atoms with van der Waals surface area (Å²) in [4.78, 5) is 16.5. The lowest BCUT2D eigenvalue weighted by atomic mass is 10.0. The van der Waals surface area contributed by atoms with E-state index >= 15 is 0 Å². The number of thioether (sulfide) groups is 1. The topological polar surface area (TPSA) is 33.5 Å². The van der Waals surface area contributed by atoms with Gasteiger partial charge in [0.15, 0.2) is 0 Å². The molecule has 1 aromatic heterocycles. The molecule has 1 aliphatic heterocycles. The van der Waals surface area contributed by atoms with Gasteiger partial charge in [0.2, 0.25) is 5.91 Å². The van der Waals surface area contributed by atoms with Crippen molar-refractivity contribution in [2.45, 2.75) is 29.9 Å². The van der Waals surface area contributed by atoms with Crippen LogP contribution in [-0.2, 0) is 11.2 Å². The number of benzene rings is 3. The number of carbonyl (C=O) groups excluding carboxylic acids is 1. The lowest BCUT2D eigenvalue weighted by Crippen LogP contribution is -2.33. The summed E-state index contributed by atoms with van der Waals surface area (Å²) in [5, 5.41) is 3.85. The average Bonchev–Trinajstić information content (AvgIpc) is 3.04. The summed E-state index contributed by atoms with van der Waals surface area (Å²) in [5.41, 5.74) is 2.82. The first-order valence-corrected chi connectivity index (χ1v) is 10.5. The number of fused-ring (bicyclic) bond motifs is 4. The van der Waals surface area contributed by atoms with Crippen molar-refractivity contribution in [3.8, 4) is 0 Å². The minimum atomic E-state index is 0.123. The van der Waals surface area contributed by atoms with Gasteiger partial charge in [-0.2, -0.15) is 0 Å². The van der Waals surface area contributed by atoms with Crippen LogP contribution in [0.15, 0.2) is 76.2 Å². The Kier molecular flexibility index (Phi) is 4.36. The smallest absolute Gasteiger partial charge is 0.231 e. The van der Waals surface area contributed by atoms with Crippen molar-refractivity contribution in [1.29, 1.82) is 0 Å². The second kappa shape index (κ2) is 7.02. The van der Waals surface area contributed by atoms with Gasteiger partial charge in [-0.3, -0.25) is 4.79 Å². The number of nitrogens with zero attached hydrogens (tertiary/aromatic N) is 1. The van der Waals surface area contributed by atoms with Gasteiger partial charge in [-0.1, -0.05) is 49.4 Å². The molecule has 0 N–H and O–H groups in total. The number of carbonyl (C=O) groups is 1. The summed E-state index contributed by atoms with van der Waals surface area (Å²) < 4.78 is 5.78. The van der Waals surface area contributed by atoms with Gasteiger partial charge in [-0.05, 0) is 35.4 Å². The predicted molar refractivity (Wildman–Crippen MR) is 116 cm³/mol. The highest BCUT2D eigenvalue weighted by molar-refractivity contribution is 8.00. The number of amides is 1. The molecule has 1 unspecified atom stereocenters. The van der Waals surface area contributed by atoms with Crippen molar-refractivity contribution in [2.24, 2.45) is 0 Å². The fourth-order valence-corrected chi connectivity index (χ4v) is 5.12. The van der Waals surface area contributed by atoms with Crippen LogP contribution in [0.25, 0.3) is 21.7 Å². The molecule has 4 aromatic rings.